The van der Waals surface area contributed by atoms with E-state index >= 15 is 0 Å². The van der Waals surface area contributed by atoms with Gasteiger partial charge >= 0.3 is 5.97 Å². The van der Waals surface area contributed by atoms with Crippen LogP contribution in [0.15, 0.2) is 84.9 Å². The Morgan fingerprint density at radius 1 is 0.970 bits per heavy atom. The molecular formula is C29H31NO3. The summed E-state index contributed by atoms with van der Waals surface area (Å²) < 4.78 is 0. The van der Waals surface area contributed by atoms with Gasteiger partial charge < -0.3 is 10.2 Å². The maximum Gasteiger partial charge on any atom is 0.312 e. The van der Waals surface area contributed by atoms with Crippen molar-refractivity contribution in [1.82, 2.24) is 4.90 Å². The smallest absolute Gasteiger partial charge is 0.312 e. The first-order chi connectivity index (χ1) is 15.9. The van der Waals surface area contributed by atoms with E-state index in [0.29, 0.717) is 32.5 Å². The molecule has 4 atom stereocenters. The fraction of sp³-hybridized carbons (Fsp3) is 0.345. The van der Waals surface area contributed by atoms with Crippen molar-refractivity contribution in [3.8, 4) is 0 Å². The minimum absolute atomic E-state index is 0.147. The van der Waals surface area contributed by atoms with Gasteiger partial charge in [-0.05, 0) is 42.0 Å². The van der Waals surface area contributed by atoms with Crippen molar-refractivity contribution in [2.24, 2.45) is 11.3 Å². The first-order valence-corrected chi connectivity index (χ1v) is 11.8. The zero-order valence-electron chi connectivity index (χ0n) is 19.0. The summed E-state index contributed by atoms with van der Waals surface area (Å²) in [6.07, 6.45) is 1.19. The lowest BCUT2D eigenvalue weighted by molar-refractivity contribution is -0.169. The van der Waals surface area contributed by atoms with Gasteiger partial charge in [0.25, 0.3) is 0 Å². The van der Waals surface area contributed by atoms with Gasteiger partial charge in [0, 0.05) is 31.5 Å². The standard InChI is InChI=1S/C29H31NO3/c1-21-10-8-9-15-24(21)29(33)17-16-25(23-13-6-3-7-14-23)28(27(31)32)20-30(19-26(28)29)18-22-11-4-2-5-12-22/h2-15,25-26,33H,16-20H2,1H3,(H,31,32). The number of aliphatic hydroxyl groups is 1. The second-order valence-corrected chi connectivity index (χ2v) is 9.79. The van der Waals surface area contributed by atoms with Gasteiger partial charge in [0.1, 0.15) is 0 Å². The quantitative estimate of drug-likeness (QED) is 0.587. The van der Waals surface area contributed by atoms with Crippen LogP contribution in [-0.2, 0) is 16.9 Å². The van der Waals surface area contributed by atoms with E-state index in [-0.39, 0.29) is 5.92 Å². The Balaban J connectivity index is 1.63. The van der Waals surface area contributed by atoms with Crippen molar-refractivity contribution < 1.29 is 15.0 Å². The van der Waals surface area contributed by atoms with Crippen LogP contribution >= 0.6 is 0 Å². The van der Waals surface area contributed by atoms with Crippen molar-refractivity contribution in [1.29, 1.82) is 0 Å². The van der Waals surface area contributed by atoms with Crippen LogP contribution in [0.2, 0.25) is 0 Å². The van der Waals surface area contributed by atoms with Crippen molar-refractivity contribution in [3.05, 3.63) is 107 Å². The first-order valence-electron chi connectivity index (χ1n) is 11.8. The Hall–Kier alpha value is -2.95. The van der Waals surface area contributed by atoms with E-state index in [4.69, 9.17) is 0 Å². The number of likely N-dealkylation sites (tertiary alicyclic amines) is 1. The third kappa shape index (κ3) is 3.58. The molecule has 1 saturated heterocycles. The number of fused-ring (bicyclic) bond motifs is 1. The van der Waals surface area contributed by atoms with E-state index < -0.39 is 22.9 Å². The van der Waals surface area contributed by atoms with Crippen LogP contribution in [0.3, 0.4) is 0 Å². The highest BCUT2D eigenvalue weighted by Gasteiger charge is 2.66. The molecular weight excluding hydrogens is 410 g/mol. The van der Waals surface area contributed by atoms with Crippen LogP contribution in [0.4, 0.5) is 0 Å². The molecule has 1 aliphatic carbocycles. The Labute approximate surface area is 195 Å². The topological polar surface area (TPSA) is 60.8 Å². The third-order valence-corrected chi connectivity index (χ3v) is 8.02. The summed E-state index contributed by atoms with van der Waals surface area (Å²) in [6.45, 7) is 3.67. The number of hydrogen-bond acceptors (Lipinski definition) is 3. The molecule has 170 valence electrons. The summed E-state index contributed by atoms with van der Waals surface area (Å²) in [7, 11) is 0. The number of benzene rings is 3. The molecule has 4 heteroatoms. The summed E-state index contributed by atoms with van der Waals surface area (Å²) >= 11 is 0. The van der Waals surface area contributed by atoms with Gasteiger partial charge in [0.05, 0.1) is 11.0 Å². The molecule has 0 bridgehead atoms. The summed E-state index contributed by atoms with van der Waals surface area (Å²) in [5, 5.41) is 23.1. The number of hydrogen-bond donors (Lipinski definition) is 2. The molecule has 0 spiro atoms. The highest BCUT2D eigenvalue weighted by Crippen LogP contribution is 2.61. The monoisotopic (exact) mass is 441 g/mol. The van der Waals surface area contributed by atoms with Gasteiger partial charge in [-0.2, -0.15) is 0 Å². The molecule has 3 aromatic rings. The average Bonchev–Trinajstić information content (AvgIpc) is 3.22. The summed E-state index contributed by atoms with van der Waals surface area (Å²) in [5.74, 6) is -1.36. The Morgan fingerprint density at radius 2 is 1.61 bits per heavy atom. The number of rotatable bonds is 5. The maximum atomic E-state index is 13.2. The normalized spacial score (nSPS) is 29.5. The first kappa shape index (κ1) is 21.9. The molecule has 0 amide bonds. The van der Waals surface area contributed by atoms with Crippen LogP contribution < -0.4 is 0 Å². The summed E-state index contributed by atoms with van der Waals surface area (Å²) in [4.78, 5) is 15.4. The van der Waals surface area contributed by atoms with Crippen LogP contribution in [0.25, 0.3) is 0 Å². The molecule has 2 fully saturated rings. The minimum Gasteiger partial charge on any atom is -0.481 e. The van der Waals surface area contributed by atoms with Gasteiger partial charge in [0.15, 0.2) is 0 Å². The second kappa shape index (κ2) is 8.44. The number of carboxylic acids is 1. The molecule has 33 heavy (non-hydrogen) atoms. The van der Waals surface area contributed by atoms with E-state index in [1.807, 2.05) is 79.7 Å². The van der Waals surface area contributed by atoms with Crippen LogP contribution in [0, 0.1) is 18.3 Å². The zero-order valence-corrected chi connectivity index (χ0v) is 19.0. The molecule has 1 saturated carbocycles. The number of nitrogens with zero attached hydrogens (tertiary/aromatic N) is 1. The molecule has 1 aliphatic heterocycles. The SMILES string of the molecule is Cc1ccccc1C1(O)CCC(c2ccccc2)C2(C(=O)O)CN(Cc3ccccc3)CC12. The van der Waals surface area contributed by atoms with E-state index in [0.717, 1.165) is 22.3 Å². The predicted molar refractivity (Wildman–Crippen MR) is 129 cm³/mol. The molecule has 4 unspecified atom stereocenters. The van der Waals surface area contributed by atoms with E-state index in [9.17, 15) is 15.0 Å². The largest absolute Gasteiger partial charge is 0.481 e. The molecule has 3 aromatic carbocycles. The van der Waals surface area contributed by atoms with Gasteiger partial charge in [0.2, 0.25) is 0 Å². The van der Waals surface area contributed by atoms with E-state index in [2.05, 4.69) is 17.0 Å². The molecule has 2 aliphatic rings. The second-order valence-electron chi connectivity index (χ2n) is 9.79. The Morgan fingerprint density at radius 3 is 2.27 bits per heavy atom. The number of carboxylic acid groups (broad SMARTS) is 1. The number of carbonyl (C=O) groups is 1. The third-order valence-electron chi connectivity index (χ3n) is 8.02. The summed E-state index contributed by atoms with van der Waals surface area (Å²) in [6, 6.07) is 28.1. The molecule has 5 rings (SSSR count). The predicted octanol–water partition coefficient (Wildman–Crippen LogP) is 4.96. The molecule has 4 nitrogen and oxygen atoms in total. The van der Waals surface area contributed by atoms with Crippen molar-refractivity contribution >= 4 is 5.97 Å². The lowest BCUT2D eigenvalue weighted by Gasteiger charge is -2.51. The van der Waals surface area contributed by atoms with Crippen LogP contribution in [0.1, 0.15) is 41.0 Å². The maximum absolute atomic E-state index is 13.2. The molecule has 1 heterocycles. The van der Waals surface area contributed by atoms with E-state index in [1.165, 1.54) is 0 Å². The van der Waals surface area contributed by atoms with Crippen molar-refractivity contribution in [2.75, 3.05) is 13.1 Å². The highest BCUT2D eigenvalue weighted by molar-refractivity contribution is 5.78. The highest BCUT2D eigenvalue weighted by atomic mass is 16.4. The van der Waals surface area contributed by atoms with Crippen LogP contribution in [0.5, 0.6) is 0 Å². The average molecular weight is 442 g/mol. The Bertz CT molecular complexity index is 1130. The van der Waals surface area contributed by atoms with E-state index in [1.54, 1.807) is 0 Å². The van der Waals surface area contributed by atoms with Crippen LogP contribution in [-0.4, -0.2) is 34.2 Å². The summed E-state index contributed by atoms with van der Waals surface area (Å²) in [5.41, 5.74) is 1.85. The van der Waals surface area contributed by atoms with Gasteiger partial charge in [-0.1, -0.05) is 84.9 Å². The molecule has 2 N–H and O–H groups in total. The lowest BCUT2D eigenvalue weighted by atomic mass is 9.53. The number of aliphatic carboxylic acids is 1. The Kier molecular flexibility index (Phi) is 5.59. The van der Waals surface area contributed by atoms with Gasteiger partial charge in [-0.15, -0.1) is 0 Å². The fourth-order valence-electron chi connectivity index (χ4n) is 6.55. The lowest BCUT2D eigenvalue weighted by Crippen LogP contribution is -2.56. The molecule has 0 radical (unpaired) electrons. The zero-order chi connectivity index (χ0) is 23.1. The minimum atomic E-state index is -1.18. The number of aryl methyl sites for hydroxylation is 1. The molecule has 0 aromatic heterocycles. The fourth-order valence-corrected chi connectivity index (χ4v) is 6.55. The van der Waals surface area contributed by atoms with Crippen molar-refractivity contribution in [2.45, 2.75) is 37.8 Å². The van der Waals surface area contributed by atoms with Gasteiger partial charge in [-0.3, -0.25) is 9.69 Å². The van der Waals surface area contributed by atoms with Crippen molar-refractivity contribution in [3.63, 3.8) is 0 Å². The van der Waals surface area contributed by atoms with Gasteiger partial charge in [-0.25, -0.2) is 0 Å².